The third-order valence-corrected chi connectivity index (χ3v) is 5.04. The molecule has 0 bridgehead atoms. The van der Waals surface area contributed by atoms with Gasteiger partial charge in [0.15, 0.2) is 0 Å². The molecule has 110 valence electrons. The fourth-order valence-corrected chi connectivity index (χ4v) is 3.93. The van der Waals surface area contributed by atoms with Gasteiger partial charge in [0.05, 0.1) is 6.16 Å². The van der Waals surface area contributed by atoms with E-state index in [1.165, 1.54) is 0 Å². The summed E-state index contributed by atoms with van der Waals surface area (Å²) in [7, 11) is -4.05. The van der Waals surface area contributed by atoms with Gasteiger partial charge in [-0.15, -0.1) is 0 Å². The molecule has 1 aliphatic carbocycles. The number of hydrogen-bond donors (Lipinski definition) is 2. The largest absolute Gasteiger partial charge is 0.326 e. The Bertz CT molecular complexity index is 443. The van der Waals surface area contributed by atoms with Crippen molar-refractivity contribution in [3.63, 3.8) is 0 Å². The van der Waals surface area contributed by atoms with Crippen LogP contribution in [0.25, 0.3) is 0 Å². The van der Waals surface area contributed by atoms with E-state index in [4.69, 9.17) is 0 Å². The summed E-state index contributed by atoms with van der Waals surface area (Å²) in [5, 5.41) is 0. The number of hydrogen-bond acceptors (Lipinski definition) is 1. The zero-order chi connectivity index (χ0) is 15.1. The van der Waals surface area contributed by atoms with Gasteiger partial charge in [-0.05, 0) is 22.8 Å². The average molecular weight is 286 g/mol. The Morgan fingerprint density at radius 3 is 2.11 bits per heavy atom. The van der Waals surface area contributed by atoms with Crippen LogP contribution in [0.4, 0.5) is 0 Å². The summed E-state index contributed by atoms with van der Waals surface area (Å²) < 4.78 is 11.5. The lowest BCUT2D eigenvalue weighted by atomic mass is 9.62. The van der Waals surface area contributed by atoms with Crippen LogP contribution in [0.5, 0.6) is 0 Å². The third-order valence-electron chi connectivity index (χ3n) is 4.06. The SMILES string of the molecule is CC(C)(C)C1=CC(CP(=O)(O)O)(C(C)(C)C)CC=C1. The molecule has 1 aliphatic rings. The molecule has 0 aliphatic heterocycles. The highest BCUT2D eigenvalue weighted by Crippen LogP contribution is 2.55. The molecule has 1 unspecified atom stereocenters. The van der Waals surface area contributed by atoms with Crippen molar-refractivity contribution in [2.75, 3.05) is 6.16 Å². The summed E-state index contributed by atoms with van der Waals surface area (Å²) in [5.74, 6) is 0. The molecular formula is C15H27O3P. The van der Waals surface area contributed by atoms with Crippen LogP contribution >= 0.6 is 7.60 Å². The second-order valence-corrected chi connectivity index (χ2v) is 9.33. The maximum Gasteiger partial charge on any atom is 0.326 e. The van der Waals surface area contributed by atoms with E-state index in [0.29, 0.717) is 6.42 Å². The summed E-state index contributed by atoms with van der Waals surface area (Å²) >= 11 is 0. The minimum atomic E-state index is -4.05. The summed E-state index contributed by atoms with van der Waals surface area (Å²) in [6.07, 6.45) is 6.84. The lowest BCUT2D eigenvalue weighted by Crippen LogP contribution is -2.39. The van der Waals surface area contributed by atoms with E-state index in [1.807, 2.05) is 0 Å². The second kappa shape index (κ2) is 4.87. The van der Waals surface area contributed by atoms with Crippen molar-refractivity contribution < 1.29 is 14.4 Å². The Morgan fingerprint density at radius 2 is 1.74 bits per heavy atom. The Balaban J connectivity index is 3.32. The van der Waals surface area contributed by atoms with Crippen molar-refractivity contribution in [1.82, 2.24) is 0 Å². The van der Waals surface area contributed by atoms with Gasteiger partial charge in [0.2, 0.25) is 0 Å². The highest BCUT2D eigenvalue weighted by Gasteiger charge is 2.45. The van der Waals surface area contributed by atoms with Gasteiger partial charge in [0.1, 0.15) is 0 Å². The lowest BCUT2D eigenvalue weighted by Gasteiger charge is -2.45. The quantitative estimate of drug-likeness (QED) is 0.750. The van der Waals surface area contributed by atoms with Gasteiger partial charge in [0.25, 0.3) is 0 Å². The first-order chi connectivity index (χ1) is 8.27. The normalized spacial score (nSPS) is 25.4. The molecule has 4 heteroatoms. The van der Waals surface area contributed by atoms with Crippen molar-refractivity contribution in [2.24, 2.45) is 16.2 Å². The van der Waals surface area contributed by atoms with Crippen LogP contribution in [0.15, 0.2) is 23.8 Å². The highest BCUT2D eigenvalue weighted by molar-refractivity contribution is 7.51. The molecule has 0 radical (unpaired) electrons. The van der Waals surface area contributed by atoms with Crippen LogP contribution in [0.1, 0.15) is 48.0 Å². The summed E-state index contributed by atoms with van der Waals surface area (Å²) in [6.45, 7) is 12.5. The molecule has 1 rings (SSSR count). The van der Waals surface area contributed by atoms with E-state index in [1.54, 1.807) is 0 Å². The summed E-state index contributed by atoms with van der Waals surface area (Å²) in [6, 6.07) is 0. The number of allylic oxidation sites excluding steroid dienone is 4. The topological polar surface area (TPSA) is 57.5 Å². The molecule has 3 nitrogen and oxygen atoms in total. The van der Waals surface area contributed by atoms with Crippen LogP contribution in [0, 0.1) is 16.2 Å². The summed E-state index contributed by atoms with van der Waals surface area (Å²) in [5.41, 5.74) is 0.461. The Kier molecular flexibility index (Phi) is 4.28. The van der Waals surface area contributed by atoms with E-state index in [-0.39, 0.29) is 17.0 Å². The minimum Gasteiger partial charge on any atom is -0.324 e. The van der Waals surface area contributed by atoms with Crippen LogP contribution in [-0.2, 0) is 4.57 Å². The van der Waals surface area contributed by atoms with Gasteiger partial charge in [-0.1, -0.05) is 59.8 Å². The van der Waals surface area contributed by atoms with Gasteiger partial charge in [-0.3, -0.25) is 4.57 Å². The molecule has 0 amide bonds. The predicted molar refractivity (Wildman–Crippen MR) is 80.1 cm³/mol. The monoisotopic (exact) mass is 286 g/mol. The molecule has 0 saturated heterocycles. The highest BCUT2D eigenvalue weighted by atomic mass is 31.2. The predicted octanol–water partition coefficient (Wildman–Crippen LogP) is 4.13. The molecule has 0 spiro atoms. The van der Waals surface area contributed by atoms with Crippen LogP contribution in [0.2, 0.25) is 0 Å². The smallest absolute Gasteiger partial charge is 0.324 e. The molecule has 2 N–H and O–H groups in total. The van der Waals surface area contributed by atoms with E-state index in [2.05, 4.69) is 59.8 Å². The first-order valence-electron chi connectivity index (χ1n) is 6.71. The molecule has 19 heavy (non-hydrogen) atoms. The van der Waals surface area contributed by atoms with Crippen LogP contribution < -0.4 is 0 Å². The van der Waals surface area contributed by atoms with Crippen LogP contribution in [-0.4, -0.2) is 15.9 Å². The van der Waals surface area contributed by atoms with E-state index in [0.717, 1.165) is 5.57 Å². The first-order valence-corrected chi connectivity index (χ1v) is 8.51. The van der Waals surface area contributed by atoms with Crippen LogP contribution in [0.3, 0.4) is 0 Å². The molecule has 0 aromatic rings. The Morgan fingerprint density at radius 1 is 1.21 bits per heavy atom. The zero-order valence-corrected chi connectivity index (χ0v) is 13.8. The van der Waals surface area contributed by atoms with Crippen molar-refractivity contribution in [3.05, 3.63) is 23.8 Å². The van der Waals surface area contributed by atoms with Crippen molar-refractivity contribution in [2.45, 2.75) is 48.0 Å². The fourth-order valence-electron chi connectivity index (χ4n) is 2.51. The fraction of sp³-hybridized carbons (Fsp3) is 0.733. The van der Waals surface area contributed by atoms with Gasteiger partial charge in [0, 0.05) is 5.41 Å². The van der Waals surface area contributed by atoms with E-state index < -0.39 is 13.0 Å². The first kappa shape index (κ1) is 16.7. The maximum atomic E-state index is 11.5. The van der Waals surface area contributed by atoms with E-state index in [9.17, 15) is 14.4 Å². The van der Waals surface area contributed by atoms with Gasteiger partial charge < -0.3 is 9.79 Å². The van der Waals surface area contributed by atoms with Gasteiger partial charge in [-0.2, -0.15) is 0 Å². The molecule has 0 aromatic heterocycles. The standard InChI is InChI=1S/C15H27O3P/c1-13(2,3)12-8-7-9-15(10-12,14(4,5)6)11-19(16,17)18/h7-8,10H,9,11H2,1-6H3,(H2,16,17,18). The second-order valence-electron chi connectivity index (χ2n) is 7.69. The summed E-state index contributed by atoms with van der Waals surface area (Å²) in [4.78, 5) is 18.9. The van der Waals surface area contributed by atoms with Gasteiger partial charge in [-0.25, -0.2) is 0 Å². The minimum absolute atomic E-state index is 0.0116. The molecule has 0 aromatic carbocycles. The Labute approximate surface area is 117 Å². The van der Waals surface area contributed by atoms with E-state index >= 15 is 0 Å². The van der Waals surface area contributed by atoms with Crippen molar-refractivity contribution in [1.29, 1.82) is 0 Å². The van der Waals surface area contributed by atoms with Crippen molar-refractivity contribution >= 4 is 7.60 Å². The molecule has 0 saturated carbocycles. The third kappa shape index (κ3) is 4.05. The molecular weight excluding hydrogens is 259 g/mol. The average Bonchev–Trinajstić information content (AvgIpc) is 2.12. The number of rotatable bonds is 2. The molecule has 0 fully saturated rings. The Hall–Kier alpha value is -0.370. The maximum absolute atomic E-state index is 11.5. The van der Waals surface area contributed by atoms with Gasteiger partial charge >= 0.3 is 7.60 Å². The zero-order valence-electron chi connectivity index (χ0n) is 12.9. The van der Waals surface area contributed by atoms with Crippen molar-refractivity contribution in [3.8, 4) is 0 Å². The lowest BCUT2D eigenvalue weighted by molar-refractivity contribution is 0.160. The molecule has 1 atom stereocenters. The molecule has 0 heterocycles.